The van der Waals surface area contributed by atoms with Gasteiger partial charge in [0.05, 0.1) is 26.4 Å². The van der Waals surface area contributed by atoms with Crippen molar-refractivity contribution >= 4 is 0 Å². The van der Waals surface area contributed by atoms with Crippen molar-refractivity contribution in [2.45, 2.75) is 6.92 Å². The number of ether oxygens (including phenoxy) is 4. The van der Waals surface area contributed by atoms with E-state index in [1.807, 2.05) is 6.92 Å². The Balaban J connectivity index is 0. The molecule has 82 valence electrons. The van der Waals surface area contributed by atoms with Crippen LogP contribution in [0.1, 0.15) is 6.92 Å². The van der Waals surface area contributed by atoms with Gasteiger partial charge in [-0.2, -0.15) is 0 Å². The number of hydrogen-bond acceptors (Lipinski definition) is 4. The molecule has 0 rings (SSSR count). The molecule has 0 aromatic heterocycles. The molecule has 0 radical (unpaired) electrons. The van der Waals surface area contributed by atoms with Gasteiger partial charge >= 0.3 is 0 Å². The van der Waals surface area contributed by atoms with E-state index in [2.05, 4.69) is 4.74 Å². The second-order valence-electron chi connectivity index (χ2n) is 2.21. The molecule has 0 aliphatic heterocycles. The Morgan fingerprint density at radius 2 is 1.23 bits per heavy atom. The fourth-order valence-electron chi connectivity index (χ4n) is 0.507. The van der Waals surface area contributed by atoms with Gasteiger partial charge in [0, 0.05) is 27.9 Å². The van der Waals surface area contributed by atoms with Gasteiger partial charge in [0.15, 0.2) is 0 Å². The van der Waals surface area contributed by atoms with Crippen LogP contribution in [0.15, 0.2) is 0 Å². The van der Waals surface area contributed by atoms with Crippen molar-refractivity contribution in [3.05, 3.63) is 0 Å². The first-order chi connectivity index (χ1) is 6.33. The molecule has 0 bridgehead atoms. The van der Waals surface area contributed by atoms with Crippen molar-refractivity contribution in [2.75, 3.05) is 54.4 Å². The second kappa shape index (κ2) is 17.8. The summed E-state index contributed by atoms with van der Waals surface area (Å²) in [6, 6.07) is 0. The standard InChI is InChI=1S/C7H16O3.C2H6O/c1-3-9-6-7-10-5-4-8-2;1-3-2/h3-7H2,1-2H3;1-2H3. The Hall–Kier alpha value is -0.160. The minimum Gasteiger partial charge on any atom is -0.388 e. The van der Waals surface area contributed by atoms with E-state index in [4.69, 9.17) is 14.2 Å². The van der Waals surface area contributed by atoms with Gasteiger partial charge in [-0.05, 0) is 6.92 Å². The largest absolute Gasteiger partial charge is 0.388 e. The third kappa shape index (κ3) is 24.5. The molecule has 0 saturated carbocycles. The molecule has 0 fully saturated rings. The smallest absolute Gasteiger partial charge is 0.0701 e. The van der Waals surface area contributed by atoms with Crippen LogP contribution in [0.2, 0.25) is 0 Å². The zero-order valence-electron chi connectivity index (χ0n) is 9.17. The number of hydrogen-bond donors (Lipinski definition) is 0. The van der Waals surface area contributed by atoms with Gasteiger partial charge in [-0.25, -0.2) is 0 Å². The maximum atomic E-state index is 5.13. The van der Waals surface area contributed by atoms with E-state index in [1.165, 1.54) is 0 Å². The fraction of sp³-hybridized carbons (Fsp3) is 1.00. The van der Waals surface area contributed by atoms with Crippen molar-refractivity contribution in [3.8, 4) is 0 Å². The Morgan fingerprint density at radius 3 is 1.69 bits per heavy atom. The van der Waals surface area contributed by atoms with E-state index in [1.54, 1.807) is 21.3 Å². The van der Waals surface area contributed by atoms with E-state index >= 15 is 0 Å². The molecule has 0 heterocycles. The van der Waals surface area contributed by atoms with E-state index < -0.39 is 0 Å². The summed E-state index contributed by atoms with van der Waals surface area (Å²) in [7, 11) is 4.91. The summed E-state index contributed by atoms with van der Waals surface area (Å²) in [5.74, 6) is 0. The highest BCUT2D eigenvalue weighted by Crippen LogP contribution is 1.77. The molecule has 0 amide bonds. The summed E-state index contributed by atoms with van der Waals surface area (Å²) >= 11 is 0. The van der Waals surface area contributed by atoms with Gasteiger partial charge in [-0.3, -0.25) is 0 Å². The average Bonchev–Trinajstić information content (AvgIpc) is 2.13. The monoisotopic (exact) mass is 194 g/mol. The summed E-state index contributed by atoms with van der Waals surface area (Å²) in [5, 5.41) is 0. The molecule has 4 nitrogen and oxygen atoms in total. The lowest BCUT2D eigenvalue weighted by molar-refractivity contribution is 0.0280. The zero-order valence-corrected chi connectivity index (χ0v) is 9.17. The van der Waals surface area contributed by atoms with Crippen LogP contribution in [0.25, 0.3) is 0 Å². The maximum Gasteiger partial charge on any atom is 0.0701 e. The van der Waals surface area contributed by atoms with Crippen LogP contribution in [0, 0.1) is 0 Å². The van der Waals surface area contributed by atoms with Crippen LogP contribution in [-0.4, -0.2) is 54.4 Å². The minimum absolute atomic E-state index is 0.656. The van der Waals surface area contributed by atoms with Crippen molar-refractivity contribution < 1.29 is 18.9 Å². The molecular formula is C9H22O4. The SMILES string of the molecule is CCOCCOCCOC.COC. The van der Waals surface area contributed by atoms with Crippen molar-refractivity contribution in [3.63, 3.8) is 0 Å². The highest BCUT2D eigenvalue weighted by Gasteiger charge is 1.86. The van der Waals surface area contributed by atoms with Crippen molar-refractivity contribution in [1.29, 1.82) is 0 Å². The van der Waals surface area contributed by atoms with Crippen LogP contribution < -0.4 is 0 Å². The normalized spacial score (nSPS) is 9.23. The van der Waals surface area contributed by atoms with E-state index in [0.29, 0.717) is 26.4 Å². The summed E-state index contributed by atoms with van der Waals surface area (Å²) in [6.07, 6.45) is 0. The predicted molar refractivity (Wildman–Crippen MR) is 52.1 cm³/mol. The van der Waals surface area contributed by atoms with E-state index in [-0.39, 0.29) is 0 Å². The average molecular weight is 194 g/mol. The van der Waals surface area contributed by atoms with Crippen molar-refractivity contribution in [1.82, 2.24) is 0 Å². The Kier molecular flexibility index (Phi) is 21.0. The topological polar surface area (TPSA) is 36.9 Å². The van der Waals surface area contributed by atoms with E-state index in [0.717, 1.165) is 6.61 Å². The molecule has 0 aliphatic rings. The molecule has 0 aromatic carbocycles. The number of rotatable bonds is 7. The van der Waals surface area contributed by atoms with Gasteiger partial charge in [0.25, 0.3) is 0 Å². The summed E-state index contributed by atoms with van der Waals surface area (Å²) in [6.45, 7) is 5.38. The molecule has 0 aromatic rings. The molecule has 13 heavy (non-hydrogen) atoms. The van der Waals surface area contributed by atoms with Gasteiger partial charge in [-0.1, -0.05) is 0 Å². The van der Waals surface area contributed by atoms with Gasteiger partial charge in [0.1, 0.15) is 0 Å². The summed E-state index contributed by atoms with van der Waals surface area (Å²) < 4.78 is 19.2. The number of methoxy groups -OCH3 is 2. The molecule has 0 saturated heterocycles. The first-order valence-electron chi connectivity index (χ1n) is 4.38. The van der Waals surface area contributed by atoms with Gasteiger partial charge in [0.2, 0.25) is 0 Å². The highest BCUT2D eigenvalue weighted by atomic mass is 16.5. The summed E-state index contributed by atoms with van der Waals surface area (Å²) in [5.41, 5.74) is 0. The quantitative estimate of drug-likeness (QED) is 0.565. The molecular weight excluding hydrogens is 172 g/mol. The Bertz CT molecular complexity index is 60.6. The molecule has 4 heteroatoms. The Labute approximate surface area is 81.1 Å². The first-order valence-corrected chi connectivity index (χ1v) is 4.38. The molecule has 0 spiro atoms. The lowest BCUT2D eigenvalue weighted by Gasteiger charge is -2.02. The lowest BCUT2D eigenvalue weighted by atomic mass is 10.7. The molecule has 0 N–H and O–H groups in total. The van der Waals surface area contributed by atoms with E-state index in [9.17, 15) is 0 Å². The highest BCUT2D eigenvalue weighted by molar-refractivity contribution is 4.29. The van der Waals surface area contributed by atoms with Crippen LogP contribution in [0.4, 0.5) is 0 Å². The second-order valence-corrected chi connectivity index (χ2v) is 2.21. The van der Waals surface area contributed by atoms with Gasteiger partial charge < -0.3 is 18.9 Å². The predicted octanol–water partition coefficient (Wildman–Crippen LogP) is 0.948. The minimum atomic E-state index is 0.656. The Morgan fingerprint density at radius 1 is 0.769 bits per heavy atom. The van der Waals surface area contributed by atoms with Gasteiger partial charge in [-0.15, -0.1) is 0 Å². The van der Waals surface area contributed by atoms with Crippen molar-refractivity contribution in [2.24, 2.45) is 0 Å². The third-order valence-electron chi connectivity index (χ3n) is 1.01. The maximum absolute atomic E-state index is 5.13. The fourth-order valence-corrected chi connectivity index (χ4v) is 0.507. The molecule has 0 atom stereocenters. The summed E-state index contributed by atoms with van der Waals surface area (Å²) in [4.78, 5) is 0. The first kappa shape index (κ1) is 15.3. The van der Waals surface area contributed by atoms with Crippen LogP contribution >= 0.6 is 0 Å². The lowest BCUT2D eigenvalue weighted by Crippen LogP contribution is -2.07. The molecule has 0 unspecified atom stereocenters. The molecule has 0 aliphatic carbocycles. The third-order valence-corrected chi connectivity index (χ3v) is 1.01. The van der Waals surface area contributed by atoms with Crippen LogP contribution in [0.3, 0.4) is 0 Å². The van der Waals surface area contributed by atoms with Crippen LogP contribution in [0.5, 0.6) is 0 Å². The zero-order chi connectivity index (χ0) is 10.4. The van der Waals surface area contributed by atoms with Crippen LogP contribution in [-0.2, 0) is 18.9 Å².